The highest BCUT2D eigenvalue weighted by Crippen LogP contribution is 2.35. The number of carbonyl (C=O) groups is 1. The molecule has 9 heteroatoms. The lowest BCUT2D eigenvalue weighted by Gasteiger charge is -2.15. The van der Waals surface area contributed by atoms with Crippen LogP contribution in [0.25, 0.3) is 0 Å². The Hall–Kier alpha value is -3.04. The lowest BCUT2D eigenvalue weighted by molar-refractivity contribution is -0.131. The molecule has 2 aromatic carbocycles. The molecule has 6 nitrogen and oxygen atoms in total. The van der Waals surface area contributed by atoms with Crippen LogP contribution in [0.5, 0.6) is 5.75 Å². The number of hydrogen-bond donors (Lipinski definition) is 2. The Labute approximate surface area is 203 Å². The van der Waals surface area contributed by atoms with E-state index in [0.29, 0.717) is 25.1 Å². The van der Waals surface area contributed by atoms with Gasteiger partial charge in [0.05, 0.1) is 6.54 Å². The highest BCUT2D eigenvalue weighted by Gasteiger charge is 2.47. The van der Waals surface area contributed by atoms with E-state index in [1.807, 2.05) is 24.3 Å². The number of ether oxygens (including phenoxy) is 1. The summed E-state index contributed by atoms with van der Waals surface area (Å²) in [5.74, 6) is -1.50. The zero-order valence-electron chi connectivity index (χ0n) is 18.4. The minimum atomic E-state index is -1.22. The summed E-state index contributed by atoms with van der Waals surface area (Å²) in [7, 11) is 0. The Morgan fingerprint density at radius 1 is 1.18 bits per heavy atom. The van der Waals surface area contributed by atoms with Gasteiger partial charge in [-0.2, -0.15) is 0 Å². The standard InChI is InChI=1S/C25H23BrF2N2O4/c1-15-9-21(34-14-18-5-6-19(27)11-20(18)28)22(26)23(31)30(15)13-17-4-2-3-16(10-17)12-29-24(32)25(33)7-8-25/h2-6,9-11,33H,7-8,12-14H2,1H3,(H,29,32). The largest absolute Gasteiger partial charge is 0.487 e. The van der Waals surface area contributed by atoms with Crippen LogP contribution in [0.3, 0.4) is 0 Å². The van der Waals surface area contributed by atoms with Gasteiger partial charge >= 0.3 is 0 Å². The average Bonchev–Trinajstić information content (AvgIpc) is 3.56. The predicted molar refractivity (Wildman–Crippen MR) is 125 cm³/mol. The van der Waals surface area contributed by atoms with Crippen molar-refractivity contribution < 1.29 is 23.4 Å². The molecule has 1 aliphatic carbocycles. The van der Waals surface area contributed by atoms with Crippen LogP contribution >= 0.6 is 15.9 Å². The molecule has 0 bridgehead atoms. The van der Waals surface area contributed by atoms with E-state index >= 15 is 0 Å². The quantitative estimate of drug-likeness (QED) is 0.460. The number of carbonyl (C=O) groups excluding carboxylic acids is 1. The van der Waals surface area contributed by atoms with Crippen molar-refractivity contribution in [1.29, 1.82) is 0 Å². The molecule has 0 atom stereocenters. The Kier molecular flexibility index (Phi) is 6.86. The molecule has 3 aromatic rings. The fourth-order valence-corrected chi connectivity index (χ4v) is 3.97. The number of rotatable bonds is 8. The molecule has 4 rings (SSSR count). The first kappa shape index (κ1) is 24.1. The molecule has 2 N–H and O–H groups in total. The number of nitrogens with one attached hydrogen (secondary N) is 1. The predicted octanol–water partition coefficient (Wildman–Crippen LogP) is 3.97. The molecule has 0 unspecified atom stereocenters. The summed E-state index contributed by atoms with van der Waals surface area (Å²) in [6.45, 7) is 2.18. The van der Waals surface area contributed by atoms with Crippen molar-refractivity contribution in [3.63, 3.8) is 0 Å². The van der Waals surface area contributed by atoms with E-state index in [1.165, 1.54) is 6.07 Å². The third-order valence-corrected chi connectivity index (χ3v) is 6.47. The van der Waals surface area contributed by atoms with Gasteiger partial charge in [-0.15, -0.1) is 0 Å². The van der Waals surface area contributed by atoms with Gasteiger partial charge in [-0.1, -0.05) is 24.3 Å². The van der Waals surface area contributed by atoms with Crippen molar-refractivity contribution in [2.24, 2.45) is 0 Å². The van der Waals surface area contributed by atoms with Crippen molar-refractivity contribution in [2.75, 3.05) is 0 Å². The maximum atomic E-state index is 13.9. The Morgan fingerprint density at radius 3 is 2.62 bits per heavy atom. The fourth-order valence-electron chi connectivity index (χ4n) is 3.52. The number of nitrogens with zero attached hydrogens (tertiary/aromatic N) is 1. The van der Waals surface area contributed by atoms with Gasteiger partial charge in [-0.25, -0.2) is 8.78 Å². The van der Waals surface area contributed by atoms with E-state index in [-0.39, 0.29) is 40.4 Å². The molecule has 1 fully saturated rings. The zero-order chi connectivity index (χ0) is 24.5. The van der Waals surface area contributed by atoms with Gasteiger partial charge in [0.15, 0.2) is 0 Å². The molecule has 1 aliphatic rings. The van der Waals surface area contributed by atoms with Crippen LogP contribution in [-0.4, -0.2) is 21.2 Å². The van der Waals surface area contributed by atoms with Gasteiger partial charge in [0, 0.05) is 29.9 Å². The van der Waals surface area contributed by atoms with E-state index in [1.54, 1.807) is 17.6 Å². The molecule has 1 heterocycles. The monoisotopic (exact) mass is 532 g/mol. The second-order valence-corrected chi connectivity index (χ2v) is 9.21. The molecule has 0 spiro atoms. The number of halogens is 3. The summed E-state index contributed by atoms with van der Waals surface area (Å²) in [6, 6.07) is 12.4. The smallest absolute Gasteiger partial charge is 0.269 e. The first-order chi connectivity index (χ1) is 16.2. The van der Waals surface area contributed by atoms with Crippen molar-refractivity contribution in [3.8, 4) is 5.75 Å². The van der Waals surface area contributed by atoms with Crippen LogP contribution in [0.4, 0.5) is 8.78 Å². The van der Waals surface area contributed by atoms with Gasteiger partial charge < -0.3 is 19.7 Å². The minimum absolute atomic E-state index is 0.156. The summed E-state index contributed by atoms with van der Waals surface area (Å²) in [5.41, 5.74) is 0.979. The van der Waals surface area contributed by atoms with Gasteiger partial charge in [0.25, 0.3) is 11.5 Å². The maximum absolute atomic E-state index is 13.9. The van der Waals surface area contributed by atoms with Crippen LogP contribution in [0.2, 0.25) is 0 Å². The van der Waals surface area contributed by atoms with Crippen molar-refractivity contribution in [3.05, 3.63) is 97.4 Å². The first-order valence-corrected chi connectivity index (χ1v) is 11.5. The normalized spacial score (nSPS) is 14.0. The summed E-state index contributed by atoms with van der Waals surface area (Å²) >= 11 is 3.28. The highest BCUT2D eigenvalue weighted by molar-refractivity contribution is 9.10. The number of hydrogen-bond acceptors (Lipinski definition) is 4. The Morgan fingerprint density at radius 2 is 1.91 bits per heavy atom. The summed E-state index contributed by atoms with van der Waals surface area (Å²) in [5, 5.41) is 12.6. The van der Waals surface area contributed by atoms with E-state index in [9.17, 15) is 23.5 Å². The molecule has 178 valence electrons. The molecular formula is C25H23BrF2N2O4. The van der Waals surface area contributed by atoms with E-state index < -0.39 is 17.2 Å². The van der Waals surface area contributed by atoms with Crippen LogP contribution in [0, 0.1) is 18.6 Å². The van der Waals surface area contributed by atoms with Crippen LogP contribution in [0.15, 0.2) is 57.8 Å². The van der Waals surface area contributed by atoms with Gasteiger partial charge in [0.2, 0.25) is 0 Å². The van der Waals surface area contributed by atoms with E-state index in [2.05, 4.69) is 21.2 Å². The lowest BCUT2D eigenvalue weighted by atomic mass is 10.1. The third kappa shape index (κ3) is 5.37. The minimum Gasteiger partial charge on any atom is -0.487 e. The molecular weight excluding hydrogens is 510 g/mol. The van der Waals surface area contributed by atoms with Crippen molar-refractivity contribution >= 4 is 21.8 Å². The number of aliphatic hydroxyl groups is 1. The second-order valence-electron chi connectivity index (χ2n) is 8.41. The molecule has 34 heavy (non-hydrogen) atoms. The van der Waals surface area contributed by atoms with E-state index in [4.69, 9.17) is 4.74 Å². The SMILES string of the molecule is Cc1cc(OCc2ccc(F)cc2F)c(Br)c(=O)n1Cc1cccc(CNC(=O)C2(O)CC2)c1. The molecule has 0 radical (unpaired) electrons. The van der Waals surface area contributed by atoms with Gasteiger partial charge in [0.1, 0.15) is 34.1 Å². The first-order valence-electron chi connectivity index (χ1n) is 10.7. The van der Waals surface area contributed by atoms with Crippen LogP contribution in [0.1, 0.15) is 35.2 Å². The van der Waals surface area contributed by atoms with Crippen LogP contribution in [-0.2, 0) is 24.5 Å². The fraction of sp³-hybridized carbons (Fsp3) is 0.280. The Balaban J connectivity index is 1.47. The third-order valence-electron chi connectivity index (χ3n) is 5.74. The maximum Gasteiger partial charge on any atom is 0.269 e. The number of pyridine rings is 1. The molecule has 1 aromatic heterocycles. The number of amides is 1. The topological polar surface area (TPSA) is 80.6 Å². The average molecular weight is 533 g/mol. The number of aryl methyl sites for hydroxylation is 1. The molecule has 0 saturated heterocycles. The molecule has 1 saturated carbocycles. The number of aromatic nitrogens is 1. The van der Waals surface area contributed by atoms with Gasteiger partial charge in [-0.3, -0.25) is 9.59 Å². The molecule has 1 amide bonds. The van der Waals surface area contributed by atoms with Crippen molar-refractivity contribution in [1.82, 2.24) is 9.88 Å². The lowest BCUT2D eigenvalue weighted by Crippen LogP contribution is -2.35. The second kappa shape index (κ2) is 9.68. The summed E-state index contributed by atoms with van der Waals surface area (Å²) in [6.07, 6.45) is 0.961. The Bertz CT molecular complexity index is 1300. The highest BCUT2D eigenvalue weighted by atomic mass is 79.9. The molecule has 0 aliphatic heterocycles. The zero-order valence-corrected chi connectivity index (χ0v) is 20.0. The van der Waals surface area contributed by atoms with Gasteiger partial charge in [-0.05, 0) is 59.0 Å². The summed E-state index contributed by atoms with van der Waals surface area (Å²) < 4.78 is 34.4. The van der Waals surface area contributed by atoms with E-state index in [0.717, 1.165) is 23.3 Å². The van der Waals surface area contributed by atoms with Crippen molar-refractivity contribution in [2.45, 2.75) is 45.1 Å². The number of benzene rings is 2. The summed E-state index contributed by atoms with van der Waals surface area (Å²) in [4.78, 5) is 24.9. The van der Waals surface area contributed by atoms with Crippen LogP contribution < -0.4 is 15.6 Å².